The van der Waals surface area contributed by atoms with Gasteiger partial charge in [0.15, 0.2) is 0 Å². The maximum atomic E-state index is 12.3. The third-order valence-corrected chi connectivity index (χ3v) is 6.41. The van der Waals surface area contributed by atoms with Crippen molar-refractivity contribution in [1.82, 2.24) is 0 Å². The van der Waals surface area contributed by atoms with Crippen LogP contribution in [0, 0.1) is 0 Å². The second kappa shape index (κ2) is 11.1. The van der Waals surface area contributed by atoms with Crippen molar-refractivity contribution in [2.45, 2.75) is 76.4 Å². The molecule has 0 amide bonds. The van der Waals surface area contributed by atoms with Crippen LogP contribution in [0.5, 0.6) is 0 Å². The number of hydrogen-bond donors (Lipinski definition) is 0. The van der Waals surface area contributed by atoms with Gasteiger partial charge in [0.1, 0.15) is 12.2 Å². The van der Waals surface area contributed by atoms with E-state index in [1.165, 1.54) is 12.8 Å². The third-order valence-electron chi connectivity index (χ3n) is 6.41. The molecule has 0 aromatic heterocycles. The van der Waals surface area contributed by atoms with Crippen molar-refractivity contribution in [1.29, 1.82) is 0 Å². The van der Waals surface area contributed by atoms with Gasteiger partial charge >= 0.3 is 11.9 Å². The molecule has 2 aromatic rings. The molecule has 168 valence electrons. The van der Waals surface area contributed by atoms with Crippen LogP contribution < -0.4 is 0 Å². The summed E-state index contributed by atoms with van der Waals surface area (Å²) in [4.78, 5) is 24.7. The quantitative estimate of drug-likeness (QED) is 0.370. The summed E-state index contributed by atoms with van der Waals surface area (Å²) in [7, 11) is 0. The van der Waals surface area contributed by atoms with Crippen LogP contribution in [0.2, 0.25) is 0 Å². The van der Waals surface area contributed by atoms with Crippen LogP contribution in [0.4, 0.5) is 0 Å². The van der Waals surface area contributed by atoms with Crippen molar-refractivity contribution in [2.75, 3.05) is 0 Å². The lowest BCUT2D eigenvalue weighted by atomic mass is 9.98. The molecule has 0 N–H and O–H groups in total. The molecular weight excluding hydrogens is 400 g/mol. The maximum Gasteiger partial charge on any atom is 0.338 e. The number of hydrogen-bond acceptors (Lipinski definition) is 4. The monoisotopic (exact) mass is 432 g/mol. The molecule has 4 heteroatoms. The van der Waals surface area contributed by atoms with Crippen molar-refractivity contribution >= 4 is 24.1 Å². The minimum Gasteiger partial charge on any atom is -0.459 e. The highest BCUT2D eigenvalue weighted by Crippen LogP contribution is 2.23. The largest absolute Gasteiger partial charge is 0.459 e. The van der Waals surface area contributed by atoms with E-state index >= 15 is 0 Å². The lowest BCUT2D eigenvalue weighted by molar-refractivity contribution is 0.0202. The van der Waals surface area contributed by atoms with Crippen LogP contribution in [0.15, 0.2) is 48.5 Å². The van der Waals surface area contributed by atoms with Gasteiger partial charge in [0.25, 0.3) is 0 Å². The zero-order valence-corrected chi connectivity index (χ0v) is 18.6. The SMILES string of the molecule is O=C(OC1CCCCC1)c1ccc(C=Cc2ccc(C(=O)OC3CCCCC3)cc2)cc1. The Morgan fingerprint density at radius 2 is 0.906 bits per heavy atom. The van der Waals surface area contributed by atoms with E-state index in [-0.39, 0.29) is 24.1 Å². The smallest absolute Gasteiger partial charge is 0.338 e. The van der Waals surface area contributed by atoms with Gasteiger partial charge < -0.3 is 9.47 Å². The molecule has 2 aliphatic carbocycles. The highest BCUT2D eigenvalue weighted by atomic mass is 16.5. The van der Waals surface area contributed by atoms with Crippen molar-refractivity contribution in [3.63, 3.8) is 0 Å². The van der Waals surface area contributed by atoms with Gasteiger partial charge in [-0.25, -0.2) is 9.59 Å². The Balaban J connectivity index is 1.29. The Labute approximate surface area is 190 Å². The molecule has 4 nitrogen and oxygen atoms in total. The lowest BCUT2D eigenvalue weighted by Crippen LogP contribution is -2.20. The first-order valence-electron chi connectivity index (χ1n) is 12.0. The fourth-order valence-electron chi connectivity index (χ4n) is 4.46. The minimum absolute atomic E-state index is 0.0683. The van der Waals surface area contributed by atoms with Crippen molar-refractivity contribution in [3.8, 4) is 0 Å². The Kier molecular flexibility index (Phi) is 7.76. The first kappa shape index (κ1) is 22.3. The number of benzene rings is 2. The molecule has 0 saturated heterocycles. The maximum absolute atomic E-state index is 12.3. The summed E-state index contributed by atoms with van der Waals surface area (Å²) in [5.41, 5.74) is 3.18. The normalized spacial score (nSPS) is 17.9. The van der Waals surface area contributed by atoms with Crippen molar-refractivity contribution < 1.29 is 19.1 Å². The first-order valence-corrected chi connectivity index (χ1v) is 12.0. The highest BCUT2D eigenvalue weighted by Gasteiger charge is 2.19. The molecule has 2 fully saturated rings. The highest BCUT2D eigenvalue weighted by molar-refractivity contribution is 5.90. The Morgan fingerprint density at radius 3 is 1.25 bits per heavy atom. The Hall–Kier alpha value is -2.88. The average Bonchev–Trinajstić information content (AvgIpc) is 2.84. The van der Waals surface area contributed by atoms with Gasteiger partial charge in [-0.3, -0.25) is 0 Å². The molecule has 32 heavy (non-hydrogen) atoms. The van der Waals surface area contributed by atoms with Gasteiger partial charge in [-0.2, -0.15) is 0 Å². The molecule has 0 heterocycles. The molecule has 2 aliphatic rings. The fourth-order valence-corrected chi connectivity index (χ4v) is 4.46. The van der Waals surface area contributed by atoms with Crippen LogP contribution in [0.1, 0.15) is 96.1 Å². The van der Waals surface area contributed by atoms with Gasteiger partial charge in [0, 0.05) is 0 Å². The number of esters is 2. The van der Waals surface area contributed by atoms with E-state index in [9.17, 15) is 9.59 Å². The standard InChI is InChI=1S/C28H32O4/c29-27(31-25-7-3-1-4-8-25)23-17-13-21(14-18-23)11-12-22-15-19-24(20-16-22)28(30)32-26-9-5-2-6-10-26/h11-20,25-26H,1-10H2. The molecule has 0 bridgehead atoms. The fraction of sp³-hybridized carbons (Fsp3) is 0.429. The number of rotatable bonds is 6. The van der Waals surface area contributed by atoms with Crippen LogP contribution in [-0.4, -0.2) is 24.1 Å². The molecule has 0 atom stereocenters. The summed E-state index contributed by atoms with van der Waals surface area (Å²) in [5.74, 6) is -0.466. The van der Waals surface area contributed by atoms with Gasteiger partial charge in [-0.1, -0.05) is 49.3 Å². The minimum atomic E-state index is -0.233. The molecule has 2 aromatic carbocycles. The summed E-state index contributed by atoms with van der Waals surface area (Å²) in [5, 5.41) is 0. The zero-order valence-electron chi connectivity index (χ0n) is 18.6. The molecule has 0 spiro atoms. The lowest BCUT2D eigenvalue weighted by Gasteiger charge is -2.21. The van der Waals surface area contributed by atoms with Crippen LogP contribution in [0.25, 0.3) is 12.2 Å². The van der Waals surface area contributed by atoms with Gasteiger partial charge in [-0.15, -0.1) is 0 Å². The summed E-state index contributed by atoms with van der Waals surface area (Å²) < 4.78 is 11.3. The Morgan fingerprint density at radius 1 is 0.562 bits per heavy atom. The predicted molar refractivity (Wildman–Crippen MR) is 126 cm³/mol. The van der Waals surface area contributed by atoms with E-state index in [1.807, 2.05) is 60.7 Å². The van der Waals surface area contributed by atoms with E-state index in [1.54, 1.807) is 0 Å². The molecule has 0 aliphatic heterocycles. The van der Waals surface area contributed by atoms with Crippen molar-refractivity contribution in [2.24, 2.45) is 0 Å². The van der Waals surface area contributed by atoms with Gasteiger partial charge in [0.2, 0.25) is 0 Å². The average molecular weight is 433 g/mol. The summed E-state index contributed by atoms with van der Waals surface area (Å²) >= 11 is 0. The van der Waals surface area contributed by atoms with Crippen LogP contribution in [0.3, 0.4) is 0 Å². The number of carbonyl (C=O) groups is 2. The van der Waals surface area contributed by atoms with E-state index < -0.39 is 0 Å². The zero-order chi connectivity index (χ0) is 22.2. The van der Waals surface area contributed by atoms with Gasteiger partial charge in [0.05, 0.1) is 11.1 Å². The predicted octanol–water partition coefficient (Wildman–Crippen LogP) is 6.84. The van der Waals surface area contributed by atoms with Crippen LogP contribution >= 0.6 is 0 Å². The number of carbonyl (C=O) groups excluding carboxylic acids is 2. The van der Waals surface area contributed by atoms with E-state index in [4.69, 9.17) is 9.47 Å². The van der Waals surface area contributed by atoms with E-state index in [0.717, 1.165) is 62.5 Å². The van der Waals surface area contributed by atoms with E-state index in [0.29, 0.717) is 11.1 Å². The summed E-state index contributed by atoms with van der Waals surface area (Å²) in [6.07, 6.45) is 15.1. The molecule has 0 unspecified atom stereocenters. The molecule has 4 rings (SSSR count). The van der Waals surface area contributed by atoms with E-state index in [2.05, 4.69) is 0 Å². The topological polar surface area (TPSA) is 52.6 Å². The van der Waals surface area contributed by atoms with Crippen LogP contribution in [-0.2, 0) is 9.47 Å². The number of ether oxygens (including phenoxy) is 2. The second-order valence-corrected chi connectivity index (χ2v) is 8.91. The van der Waals surface area contributed by atoms with Crippen molar-refractivity contribution in [3.05, 3.63) is 70.8 Å². The third kappa shape index (κ3) is 6.32. The molecule has 0 radical (unpaired) electrons. The second-order valence-electron chi connectivity index (χ2n) is 8.91. The summed E-state index contributed by atoms with van der Waals surface area (Å²) in [6, 6.07) is 14.9. The molecular formula is C28H32O4. The summed E-state index contributed by atoms with van der Waals surface area (Å²) in [6.45, 7) is 0. The Bertz CT molecular complexity index is 837. The first-order chi connectivity index (χ1) is 15.7. The molecule has 2 saturated carbocycles. The van der Waals surface area contributed by atoms with Gasteiger partial charge in [-0.05, 0) is 86.8 Å².